The SMILES string of the molecule is COc1ccc(CCCC(=O)Sc2cccc(-c3ccccc3)c2)cc1. The molecule has 26 heavy (non-hydrogen) atoms. The van der Waals surface area contributed by atoms with Crippen molar-refractivity contribution in [2.24, 2.45) is 0 Å². The van der Waals surface area contributed by atoms with Gasteiger partial charge >= 0.3 is 0 Å². The highest BCUT2D eigenvalue weighted by atomic mass is 32.2. The summed E-state index contributed by atoms with van der Waals surface area (Å²) >= 11 is 1.33. The maximum atomic E-state index is 12.3. The van der Waals surface area contributed by atoms with Gasteiger partial charge in [0.05, 0.1) is 7.11 Å². The molecule has 0 aliphatic carbocycles. The van der Waals surface area contributed by atoms with Crippen LogP contribution in [-0.2, 0) is 11.2 Å². The molecule has 3 heteroatoms. The van der Waals surface area contributed by atoms with Crippen molar-refractivity contribution < 1.29 is 9.53 Å². The number of rotatable bonds is 7. The summed E-state index contributed by atoms with van der Waals surface area (Å²) in [6.07, 6.45) is 2.34. The standard InChI is InChI=1S/C23H22O2S/c1-25-21-15-13-18(14-16-21)7-5-12-23(24)26-22-11-6-10-20(17-22)19-8-3-2-4-9-19/h2-4,6,8-11,13-17H,5,7,12H2,1H3. The Hall–Kier alpha value is -2.52. The first-order chi connectivity index (χ1) is 12.7. The predicted octanol–water partition coefficient (Wildman–Crippen LogP) is 6.00. The van der Waals surface area contributed by atoms with E-state index in [1.54, 1.807) is 7.11 Å². The van der Waals surface area contributed by atoms with E-state index >= 15 is 0 Å². The lowest BCUT2D eigenvalue weighted by Crippen LogP contribution is -1.94. The first-order valence-corrected chi connectivity index (χ1v) is 9.55. The Labute approximate surface area is 159 Å². The van der Waals surface area contributed by atoms with Crippen molar-refractivity contribution >= 4 is 16.9 Å². The number of aryl methyl sites for hydroxylation is 1. The van der Waals surface area contributed by atoms with E-state index in [2.05, 4.69) is 36.4 Å². The summed E-state index contributed by atoms with van der Waals surface area (Å²) in [6, 6.07) is 26.4. The van der Waals surface area contributed by atoms with Gasteiger partial charge in [0.15, 0.2) is 5.12 Å². The Morgan fingerprint density at radius 2 is 1.62 bits per heavy atom. The van der Waals surface area contributed by atoms with Crippen LogP contribution in [0.15, 0.2) is 83.8 Å². The van der Waals surface area contributed by atoms with Gasteiger partial charge in [-0.1, -0.05) is 66.4 Å². The van der Waals surface area contributed by atoms with Crippen LogP contribution in [0.3, 0.4) is 0 Å². The van der Waals surface area contributed by atoms with Crippen LogP contribution in [0.1, 0.15) is 18.4 Å². The highest BCUT2D eigenvalue weighted by Crippen LogP contribution is 2.27. The van der Waals surface area contributed by atoms with Crippen LogP contribution >= 0.6 is 11.8 Å². The molecule has 0 atom stereocenters. The lowest BCUT2D eigenvalue weighted by molar-refractivity contribution is -0.111. The van der Waals surface area contributed by atoms with Gasteiger partial charge in [0.25, 0.3) is 0 Å². The van der Waals surface area contributed by atoms with Crippen molar-refractivity contribution in [2.45, 2.75) is 24.2 Å². The molecule has 0 saturated carbocycles. The van der Waals surface area contributed by atoms with Crippen LogP contribution in [0.2, 0.25) is 0 Å². The fourth-order valence-corrected chi connectivity index (χ4v) is 3.62. The summed E-state index contributed by atoms with van der Waals surface area (Å²) in [6.45, 7) is 0. The zero-order valence-electron chi connectivity index (χ0n) is 14.9. The lowest BCUT2D eigenvalue weighted by atomic mass is 10.1. The first kappa shape index (κ1) is 18.3. The molecule has 3 aromatic carbocycles. The van der Waals surface area contributed by atoms with Crippen LogP contribution in [0, 0.1) is 0 Å². The van der Waals surface area contributed by atoms with E-state index in [1.165, 1.54) is 22.9 Å². The fraction of sp³-hybridized carbons (Fsp3) is 0.174. The number of hydrogen-bond donors (Lipinski definition) is 0. The maximum absolute atomic E-state index is 12.3. The molecule has 132 valence electrons. The van der Waals surface area contributed by atoms with E-state index in [9.17, 15) is 4.79 Å². The van der Waals surface area contributed by atoms with Gasteiger partial charge in [-0.3, -0.25) is 4.79 Å². The maximum Gasteiger partial charge on any atom is 0.193 e. The Kier molecular flexibility index (Phi) is 6.50. The van der Waals surface area contributed by atoms with E-state index in [0.717, 1.165) is 29.1 Å². The average molecular weight is 362 g/mol. The number of thioether (sulfide) groups is 1. The third kappa shape index (κ3) is 5.24. The highest BCUT2D eigenvalue weighted by molar-refractivity contribution is 8.13. The first-order valence-electron chi connectivity index (χ1n) is 8.74. The molecule has 3 aromatic rings. The van der Waals surface area contributed by atoms with Gasteiger partial charge in [-0.05, 0) is 53.8 Å². The second-order valence-electron chi connectivity index (χ2n) is 6.07. The minimum atomic E-state index is 0.212. The van der Waals surface area contributed by atoms with Crippen LogP contribution in [0.25, 0.3) is 11.1 Å². The van der Waals surface area contributed by atoms with Crippen molar-refractivity contribution in [1.82, 2.24) is 0 Å². The molecule has 0 saturated heterocycles. The van der Waals surface area contributed by atoms with Crippen LogP contribution in [0.4, 0.5) is 0 Å². The van der Waals surface area contributed by atoms with E-state index in [4.69, 9.17) is 4.74 Å². The molecule has 0 heterocycles. The molecule has 0 aromatic heterocycles. The molecule has 0 amide bonds. The van der Waals surface area contributed by atoms with E-state index in [1.807, 2.05) is 42.5 Å². The van der Waals surface area contributed by atoms with Gasteiger partial charge < -0.3 is 4.74 Å². The molecule has 0 aliphatic rings. The zero-order chi connectivity index (χ0) is 18.2. The van der Waals surface area contributed by atoms with Gasteiger partial charge in [0, 0.05) is 11.3 Å². The second kappa shape index (κ2) is 9.25. The summed E-state index contributed by atoms with van der Waals surface area (Å²) in [5.74, 6) is 0.860. The van der Waals surface area contributed by atoms with Crippen LogP contribution < -0.4 is 4.74 Å². The molecule has 2 nitrogen and oxygen atoms in total. The molecular weight excluding hydrogens is 340 g/mol. The molecule has 0 fully saturated rings. The number of ether oxygens (including phenoxy) is 1. The molecule has 3 rings (SSSR count). The van der Waals surface area contributed by atoms with Crippen molar-refractivity contribution in [3.63, 3.8) is 0 Å². The minimum Gasteiger partial charge on any atom is -0.497 e. The number of hydrogen-bond acceptors (Lipinski definition) is 3. The Morgan fingerprint density at radius 1 is 0.885 bits per heavy atom. The number of benzene rings is 3. The Morgan fingerprint density at radius 3 is 2.35 bits per heavy atom. The van der Waals surface area contributed by atoms with Gasteiger partial charge in [0.1, 0.15) is 5.75 Å². The Bertz CT molecular complexity index is 842. The smallest absolute Gasteiger partial charge is 0.193 e. The number of carbonyl (C=O) groups is 1. The topological polar surface area (TPSA) is 26.3 Å². The van der Waals surface area contributed by atoms with E-state index in [0.29, 0.717) is 6.42 Å². The Balaban J connectivity index is 1.51. The third-order valence-electron chi connectivity index (χ3n) is 4.18. The number of methoxy groups -OCH3 is 1. The van der Waals surface area contributed by atoms with Crippen molar-refractivity contribution in [3.8, 4) is 16.9 Å². The molecule has 0 N–H and O–H groups in total. The van der Waals surface area contributed by atoms with Gasteiger partial charge in [0.2, 0.25) is 0 Å². The monoisotopic (exact) mass is 362 g/mol. The summed E-state index contributed by atoms with van der Waals surface area (Å²) < 4.78 is 5.16. The quantitative estimate of drug-likeness (QED) is 0.482. The van der Waals surface area contributed by atoms with E-state index < -0.39 is 0 Å². The van der Waals surface area contributed by atoms with Gasteiger partial charge in [-0.2, -0.15) is 0 Å². The van der Waals surface area contributed by atoms with Crippen molar-refractivity contribution in [2.75, 3.05) is 7.11 Å². The molecule has 0 spiro atoms. The summed E-state index contributed by atoms with van der Waals surface area (Å²) in [7, 11) is 1.66. The molecular formula is C23H22O2S. The second-order valence-corrected chi connectivity index (χ2v) is 7.20. The zero-order valence-corrected chi connectivity index (χ0v) is 15.7. The molecule has 0 bridgehead atoms. The third-order valence-corrected chi connectivity index (χ3v) is 5.10. The van der Waals surface area contributed by atoms with E-state index in [-0.39, 0.29) is 5.12 Å². The van der Waals surface area contributed by atoms with Crippen LogP contribution in [0.5, 0.6) is 5.75 Å². The fourth-order valence-electron chi connectivity index (χ4n) is 2.78. The molecule has 0 radical (unpaired) electrons. The number of carbonyl (C=O) groups excluding carboxylic acids is 1. The predicted molar refractivity (Wildman–Crippen MR) is 109 cm³/mol. The van der Waals surface area contributed by atoms with Crippen molar-refractivity contribution in [3.05, 3.63) is 84.4 Å². The van der Waals surface area contributed by atoms with Gasteiger partial charge in [-0.25, -0.2) is 0 Å². The van der Waals surface area contributed by atoms with Crippen LogP contribution in [-0.4, -0.2) is 12.2 Å². The summed E-state index contributed by atoms with van der Waals surface area (Å²) in [4.78, 5) is 13.3. The average Bonchev–Trinajstić information content (AvgIpc) is 2.69. The largest absolute Gasteiger partial charge is 0.497 e. The van der Waals surface area contributed by atoms with Crippen molar-refractivity contribution in [1.29, 1.82) is 0 Å². The highest BCUT2D eigenvalue weighted by Gasteiger charge is 2.07. The summed E-state index contributed by atoms with van der Waals surface area (Å²) in [5.41, 5.74) is 3.54. The molecule has 0 aliphatic heterocycles. The minimum absolute atomic E-state index is 0.212. The normalized spacial score (nSPS) is 10.5. The lowest BCUT2D eigenvalue weighted by Gasteiger charge is -2.06. The molecule has 0 unspecified atom stereocenters. The summed E-state index contributed by atoms with van der Waals surface area (Å²) in [5, 5.41) is 0.212. The van der Waals surface area contributed by atoms with Gasteiger partial charge in [-0.15, -0.1) is 0 Å².